The molecule has 1 aliphatic heterocycles. The smallest absolute Gasteiger partial charge is 0.0110 e. The maximum atomic E-state index is 3.70. The average molecular weight is 253 g/mol. The van der Waals surface area contributed by atoms with E-state index in [1.807, 2.05) is 0 Å². The highest BCUT2D eigenvalue weighted by molar-refractivity contribution is 5.85. The first-order chi connectivity index (χ1) is 9.36. The topological polar surface area (TPSA) is 12.0 Å². The molecule has 19 heavy (non-hydrogen) atoms. The van der Waals surface area contributed by atoms with Crippen LogP contribution in [0.15, 0.2) is 42.5 Å². The number of hydrogen-bond donors (Lipinski definition) is 1. The highest BCUT2D eigenvalue weighted by Gasteiger charge is 2.20. The Morgan fingerprint density at radius 2 is 1.95 bits per heavy atom. The van der Waals surface area contributed by atoms with Crippen molar-refractivity contribution in [1.29, 1.82) is 0 Å². The van der Waals surface area contributed by atoms with E-state index in [0.717, 1.165) is 12.3 Å². The molecule has 2 aromatic rings. The first-order valence-corrected chi connectivity index (χ1v) is 7.57. The first kappa shape index (κ1) is 12.7. The van der Waals surface area contributed by atoms with Gasteiger partial charge in [-0.25, -0.2) is 0 Å². The molecule has 0 spiro atoms. The Balaban J connectivity index is 1.81. The van der Waals surface area contributed by atoms with Gasteiger partial charge in [0.15, 0.2) is 0 Å². The Kier molecular flexibility index (Phi) is 3.84. The minimum atomic E-state index is 0.657. The summed E-state index contributed by atoms with van der Waals surface area (Å²) in [4.78, 5) is 0. The largest absolute Gasteiger partial charge is 0.314 e. The van der Waals surface area contributed by atoms with Crippen LogP contribution in [0.2, 0.25) is 0 Å². The summed E-state index contributed by atoms with van der Waals surface area (Å²) in [7, 11) is 0. The molecule has 0 aromatic heterocycles. The van der Waals surface area contributed by atoms with E-state index < -0.39 is 0 Å². The molecule has 1 saturated heterocycles. The van der Waals surface area contributed by atoms with Crippen LogP contribution in [0.1, 0.15) is 31.7 Å². The molecule has 0 bridgehead atoms. The molecular weight excluding hydrogens is 230 g/mol. The number of benzene rings is 2. The Morgan fingerprint density at radius 3 is 2.84 bits per heavy atom. The molecule has 1 fully saturated rings. The van der Waals surface area contributed by atoms with Gasteiger partial charge in [0.25, 0.3) is 0 Å². The van der Waals surface area contributed by atoms with Crippen LogP contribution in [0.4, 0.5) is 0 Å². The van der Waals surface area contributed by atoms with Crippen molar-refractivity contribution in [3.05, 3.63) is 48.0 Å². The Bertz CT molecular complexity index is 541. The molecule has 1 nitrogen and oxygen atoms in total. The van der Waals surface area contributed by atoms with Crippen LogP contribution in [0, 0.1) is 5.92 Å². The van der Waals surface area contributed by atoms with Crippen molar-refractivity contribution in [2.75, 3.05) is 6.54 Å². The van der Waals surface area contributed by atoms with Gasteiger partial charge in [0.2, 0.25) is 0 Å². The monoisotopic (exact) mass is 253 g/mol. The second kappa shape index (κ2) is 5.75. The van der Waals surface area contributed by atoms with Crippen molar-refractivity contribution >= 4 is 10.8 Å². The summed E-state index contributed by atoms with van der Waals surface area (Å²) in [6.45, 7) is 3.51. The van der Waals surface area contributed by atoms with Crippen molar-refractivity contribution < 1.29 is 0 Å². The van der Waals surface area contributed by atoms with Crippen molar-refractivity contribution in [3.8, 4) is 0 Å². The molecule has 0 radical (unpaired) electrons. The van der Waals surface area contributed by atoms with Gasteiger partial charge in [-0.3, -0.25) is 0 Å². The second-order valence-electron chi connectivity index (χ2n) is 5.79. The first-order valence-electron chi connectivity index (χ1n) is 7.57. The van der Waals surface area contributed by atoms with Crippen molar-refractivity contribution in [1.82, 2.24) is 5.32 Å². The van der Waals surface area contributed by atoms with Gasteiger partial charge in [-0.05, 0) is 48.1 Å². The molecule has 2 unspecified atom stereocenters. The number of piperidine rings is 1. The molecule has 2 atom stereocenters. The maximum Gasteiger partial charge on any atom is 0.0110 e. The van der Waals surface area contributed by atoms with Gasteiger partial charge in [-0.15, -0.1) is 0 Å². The predicted molar refractivity (Wildman–Crippen MR) is 82.5 cm³/mol. The summed E-state index contributed by atoms with van der Waals surface area (Å²) in [5, 5.41) is 6.48. The van der Waals surface area contributed by atoms with Crippen LogP contribution in [0.3, 0.4) is 0 Å². The van der Waals surface area contributed by atoms with Gasteiger partial charge in [0.1, 0.15) is 0 Å². The molecular formula is C18H23N. The number of nitrogens with one attached hydrogen (secondary N) is 1. The maximum absolute atomic E-state index is 3.70. The zero-order valence-corrected chi connectivity index (χ0v) is 11.7. The molecule has 0 saturated carbocycles. The van der Waals surface area contributed by atoms with E-state index in [4.69, 9.17) is 0 Å². The van der Waals surface area contributed by atoms with Crippen LogP contribution >= 0.6 is 0 Å². The highest BCUT2D eigenvalue weighted by Crippen LogP contribution is 2.25. The molecule has 0 aliphatic carbocycles. The minimum Gasteiger partial charge on any atom is -0.314 e. The van der Waals surface area contributed by atoms with Gasteiger partial charge in [0, 0.05) is 6.04 Å². The Labute approximate surface area is 116 Å². The van der Waals surface area contributed by atoms with Gasteiger partial charge >= 0.3 is 0 Å². The SMILES string of the molecule is CCC1CCNC(Cc2cccc3ccccc23)C1. The fourth-order valence-corrected chi connectivity index (χ4v) is 3.36. The predicted octanol–water partition coefficient (Wildman–Crippen LogP) is 4.16. The standard InChI is InChI=1S/C18H23N/c1-2-14-10-11-19-17(12-14)13-16-8-5-7-15-6-3-4-9-18(15)16/h3-9,14,17,19H,2,10-13H2,1H3. The van der Waals surface area contributed by atoms with Gasteiger partial charge in [-0.2, -0.15) is 0 Å². The lowest BCUT2D eigenvalue weighted by Gasteiger charge is -2.30. The molecule has 100 valence electrons. The summed E-state index contributed by atoms with van der Waals surface area (Å²) in [6, 6.07) is 16.1. The second-order valence-corrected chi connectivity index (χ2v) is 5.79. The lowest BCUT2D eigenvalue weighted by atomic mass is 9.87. The van der Waals surface area contributed by atoms with E-state index in [9.17, 15) is 0 Å². The third-order valence-electron chi connectivity index (χ3n) is 4.53. The lowest BCUT2D eigenvalue weighted by Crippen LogP contribution is -2.39. The van der Waals surface area contributed by atoms with Crippen LogP contribution in [0.25, 0.3) is 10.8 Å². The van der Waals surface area contributed by atoms with Crippen molar-refractivity contribution in [2.24, 2.45) is 5.92 Å². The normalized spacial score (nSPS) is 23.6. The van der Waals surface area contributed by atoms with Crippen molar-refractivity contribution in [3.63, 3.8) is 0 Å². The Morgan fingerprint density at radius 1 is 1.11 bits per heavy atom. The van der Waals surface area contributed by atoms with E-state index >= 15 is 0 Å². The molecule has 1 N–H and O–H groups in total. The number of hydrogen-bond acceptors (Lipinski definition) is 1. The summed E-state index contributed by atoms with van der Waals surface area (Å²) >= 11 is 0. The molecule has 2 aromatic carbocycles. The van der Waals surface area contributed by atoms with Gasteiger partial charge in [-0.1, -0.05) is 55.8 Å². The summed E-state index contributed by atoms with van der Waals surface area (Å²) in [5.41, 5.74) is 1.49. The number of fused-ring (bicyclic) bond motifs is 1. The average Bonchev–Trinajstić information content (AvgIpc) is 2.48. The zero-order valence-electron chi connectivity index (χ0n) is 11.7. The van der Waals surface area contributed by atoms with E-state index in [1.165, 1.54) is 42.1 Å². The fourth-order valence-electron chi connectivity index (χ4n) is 3.36. The van der Waals surface area contributed by atoms with E-state index in [-0.39, 0.29) is 0 Å². The molecule has 1 aliphatic rings. The van der Waals surface area contributed by atoms with Crippen LogP contribution < -0.4 is 5.32 Å². The highest BCUT2D eigenvalue weighted by atomic mass is 14.9. The van der Waals surface area contributed by atoms with Crippen LogP contribution in [-0.4, -0.2) is 12.6 Å². The molecule has 1 heteroatoms. The molecule has 1 heterocycles. The Hall–Kier alpha value is -1.34. The van der Waals surface area contributed by atoms with Crippen molar-refractivity contribution in [2.45, 2.75) is 38.6 Å². The summed E-state index contributed by atoms with van der Waals surface area (Å²) in [5.74, 6) is 0.918. The minimum absolute atomic E-state index is 0.657. The zero-order chi connectivity index (χ0) is 13.1. The van der Waals surface area contributed by atoms with Crippen LogP contribution in [-0.2, 0) is 6.42 Å². The fraction of sp³-hybridized carbons (Fsp3) is 0.444. The quantitative estimate of drug-likeness (QED) is 0.866. The summed E-state index contributed by atoms with van der Waals surface area (Å²) in [6.07, 6.45) is 5.17. The van der Waals surface area contributed by atoms with E-state index in [1.54, 1.807) is 0 Å². The number of rotatable bonds is 3. The lowest BCUT2D eigenvalue weighted by molar-refractivity contribution is 0.294. The van der Waals surface area contributed by atoms with E-state index in [0.29, 0.717) is 6.04 Å². The van der Waals surface area contributed by atoms with Crippen LogP contribution in [0.5, 0.6) is 0 Å². The molecule has 0 amide bonds. The van der Waals surface area contributed by atoms with E-state index in [2.05, 4.69) is 54.7 Å². The molecule has 3 rings (SSSR count). The summed E-state index contributed by atoms with van der Waals surface area (Å²) < 4.78 is 0. The third-order valence-corrected chi connectivity index (χ3v) is 4.53. The third kappa shape index (κ3) is 2.82. The van der Waals surface area contributed by atoms with Gasteiger partial charge in [0.05, 0.1) is 0 Å². The van der Waals surface area contributed by atoms with Gasteiger partial charge < -0.3 is 5.32 Å².